The van der Waals surface area contributed by atoms with Crippen LogP contribution in [0.1, 0.15) is 6.92 Å². The molecule has 0 amide bonds. The van der Waals surface area contributed by atoms with Crippen LogP contribution in [0.4, 0.5) is 0 Å². The highest BCUT2D eigenvalue weighted by molar-refractivity contribution is 5.83. The molecule has 4 N–H and O–H groups in total. The van der Waals surface area contributed by atoms with E-state index in [1.54, 1.807) is 13.0 Å². The minimum Gasteiger partial charge on any atom is -0.502 e. The molecule has 0 heterocycles. The monoisotopic (exact) mass is 146 g/mol. The lowest BCUT2D eigenvalue weighted by molar-refractivity contribution is -0.135. The van der Waals surface area contributed by atoms with Crippen molar-refractivity contribution in [2.45, 2.75) is 6.92 Å². The first-order valence-electron chi connectivity index (χ1n) is 2.43. The van der Waals surface area contributed by atoms with E-state index >= 15 is 0 Å². The Balaban J connectivity index is 0. The Labute approximate surface area is 58.4 Å². The van der Waals surface area contributed by atoms with Crippen LogP contribution in [0.3, 0.4) is 0 Å². The third kappa shape index (κ3) is 4.86. The predicted octanol–water partition coefficient (Wildman–Crippen LogP) is 0.264. The first kappa shape index (κ1) is 11.5. The van der Waals surface area contributed by atoms with Crippen LogP contribution in [0, 0.1) is 0 Å². The van der Waals surface area contributed by atoms with Crippen molar-refractivity contribution < 1.29 is 20.5 Å². The summed E-state index contributed by atoms with van der Waals surface area (Å²) >= 11 is 0. The number of rotatable bonds is 2. The summed E-state index contributed by atoms with van der Waals surface area (Å²) in [7, 11) is 0. The molecule has 0 aliphatic carbocycles. The molecule has 0 aromatic heterocycles. The number of aliphatic hydroxyl groups excluding tert-OH is 1. The highest BCUT2D eigenvalue weighted by atomic mass is 16.4. The minimum atomic E-state index is -1.31. The van der Waals surface area contributed by atoms with E-state index in [0.717, 1.165) is 6.08 Å². The molecule has 0 saturated carbocycles. The van der Waals surface area contributed by atoms with Gasteiger partial charge in [0.15, 0.2) is 0 Å². The smallest absolute Gasteiger partial charge is 0.370 e. The Hall–Kier alpha value is -1.29. The van der Waals surface area contributed by atoms with E-state index < -0.39 is 11.7 Å². The van der Waals surface area contributed by atoms with Gasteiger partial charge in [-0.05, 0) is 13.0 Å². The summed E-state index contributed by atoms with van der Waals surface area (Å²) in [6.45, 7) is 1.73. The van der Waals surface area contributed by atoms with Gasteiger partial charge in [-0.15, -0.1) is 0 Å². The highest BCUT2D eigenvalue weighted by Gasteiger charge is 1.98. The molecule has 0 fully saturated rings. The Morgan fingerprint density at radius 2 is 1.90 bits per heavy atom. The molecule has 0 aromatic rings. The summed E-state index contributed by atoms with van der Waals surface area (Å²) in [5.41, 5.74) is 0. The normalized spacial score (nSPS) is 11.1. The predicted molar refractivity (Wildman–Crippen MR) is 36.8 cm³/mol. The lowest BCUT2D eigenvalue weighted by Gasteiger charge is -1.85. The molecule has 0 saturated heterocycles. The van der Waals surface area contributed by atoms with Gasteiger partial charge in [0.1, 0.15) is 0 Å². The molecular weight excluding hydrogens is 136 g/mol. The largest absolute Gasteiger partial charge is 0.502 e. The average Bonchev–Trinajstić information content (AvgIpc) is 1.82. The number of aliphatic carboxylic acids is 1. The molecule has 0 aromatic carbocycles. The first-order chi connectivity index (χ1) is 4.18. The molecule has 58 valence electrons. The summed E-state index contributed by atoms with van der Waals surface area (Å²) in [5.74, 6) is -1.96. The molecule has 0 unspecified atom stereocenters. The van der Waals surface area contributed by atoms with Crippen molar-refractivity contribution in [2.75, 3.05) is 0 Å². The summed E-state index contributed by atoms with van der Waals surface area (Å²) in [6, 6.07) is 0. The van der Waals surface area contributed by atoms with E-state index in [1.165, 1.54) is 6.08 Å². The maximum Gasteiger partial charge on any atom is 0.370 e. The number of allylic oxidation sites excluding steroid dienone is 3. The number of carboxylic acid groups (broad SMARTS) is 1. The molecule has 0 aliphatic rings. The Bertz CT molecular complexity index is 157. The van der Waals surface area contributed by atoms with Crippen molar-refractivity contribution in [3.8, 4) is 0 Å². The van der Waals surface area contributed by atoms with Crippen molar-refractivity contribution in [1.29, 1.82) is 0 Å². The van der Waals surface area contributed by atoms with E-state index in [1.807, 2.05) is 0 Å². The van der Waals surface area contributed by atoms with Crippen LogP contribution in [-0.4, -0.2) is 21.7 Å². The SMILES string of the molecule is CC=CC=C(O)C(=O)O.O. The maximum atomic E-state index is 9.85. The van der Waals surface area contributed by atoms with Gasteiger partial charge in [-0.1, -0.05) is 12.2 Å². The van der Waals surface area contributed by atoms with Gasteiger partial charge in [-0.25, -0.2) is 4.79 Å². The second-order valence-corrected chi connectivity index (χ2v) is 1.38. The standard InChI is InChI=1S/C6H8O3.H2O/c1-2-3-4-5(7)6(8)9;/h2-4,7H,1H3,(H,8,9);1H2. The summed E-state index contributed by atoms with van der Waals surface area (Å²) in [4.78, 5) is 9.85. The van der Waals surface area contributed by atoms with E-state index in [9.17, 15) is 4.79 Å². The summed E-state index contributed by atoms with van der Waals surface area (Å²) in [6.07, 6.45) is 4.19. The third-order valence-electron chi connectivity index (χ3n) is 0.666. The molecule has 4 heteroatoms. The van der Waals surface area contributed by atoms with Crippen LogP contribution in [0.2, 0.25) is 0 Å². The van der Waals surface area contributed by atoms with Crippen molar-refractivity contribution in [3.05, 3.63) is 24.0 Å². The van der Waals surface area contributed by atoms with Crippen molar-refractivity contribution in [3.63, 3.8) is 0 Å². The van der Waals surface area contributed by atoms with E-state index in [-0.39, 0.29) is 5.48 Å². The van der Waals surface area contributed by atoms with Gasteiger partial charge >= 0.3 is 5.97 Å². The fourth-order valence-electron chi connectivity index (χ4n) is 0.259. The van der Waals surface area contributed by atoms with Crippen LogP contribution in [-0.2, 0) is 4.79 Å². The van der Waals surface area contributed by atoms with Crippen LogP contribution in [0.25, 0.3) is 0 Å². The van der Waals surface area contributed by atoms with Gasteiger partial charge in [-0.2, -0.15) is 0 Å². The quantitative estimate of drug-likeness (QED) is 0.332. The fraction of sp³-hybridized carbons (Fsp3) is 0.167. The molecule has 0 radical (unpaired) electrons. The lowest BCUT2D eigenvalue weighted by Crippen LogP contribution is -1.97. The topological polar surface area (TPSA) is 89.0 Å². The summed E-state index contributed by atoms with van der Waals surface area (Å²) < 4.78 is 0. The van der Waals surface area contributed by atoms with Crippen LogP contribution < -0.4 is 0 Å². The van der Waals surface area contributed by atoms with Gasteiger partial charge in [0.25, 0.3) is 0 Å². The van der Waals surface area contributed by atoms with Crippen molar-refractivity contribution in [1.82, 2.24) is 0 Å². The Morgan fingerprint density at radius 3 is 2.20 bits per heavy atom. The molecule has 0 aliphatic heterocycles. The summed E-state index contributed by atoms with van der Waals surface area (Å²) in [5, 5.41) is 16.5. The van der Waals surface area contributed by atoms with Crippen LogP contribution in [0.15, 0.2) is 24.0 Å². The van der Waals surface area contributed by atoms with Crippen molar-refractivity contribution in [2.24, 2.45) is 0 Å². The highest BCUT2D eigenvalue weighted by Crippen LogP contribution is 1.87. The van der Waals surface area contributed by atoms with Gasteiger partial charge < -0.3 is 15.7 Å². The lowest BCUT2D eigenvalue weighted by atomic mass is 10.4. The average molecular weight is 146 g/mol. The molecule has 0 spiro atoms. The van der Waals surface area contributed by atoms with Crippen LogP contribution in [0.5, 0.6) is 0 Å². The molecule has 0 atom stereocenters. The number of carboxylic acids is 1. The molecule has 4 nitrogen and oxygen atoms in total. The second-order valence-electron chi connectivity index (χ2n) is 1.38. The Kier molecular flexibility index (Phi) is 6.72. The minimum absolute atomic E-state index is 0. The zero-order chi connectivity index (χ0) is 7.28. The van der Waals surface area contributed by atoms with E-state index in [2.05, 4.69) is 0 Å². The third-order valence-corrected chi connectivity index (χ3v) is 0.666. The van der Waals surface area contributed by atoms with Gasteiger partial charge in [0.05, 0.1) is 0 Å². The maximum absolute atomic E-state index is 9.85. The first-order valence-corrected chi connectivity index (χ1v) is 2.43. The molecule has 0 rings (SSSR count). The van der Waals surface area contributed by atoms with Gasteiger partial charge in [-0.3, -0.25) is 0 Å². The van der Waals surface area contributed by atoms with Gasteiger partial charge in [0, 0.05) is 0 Å². The zero-order valence-corrected chi connectivity index (χ0v) is 5.53. The number of hydrogen-bond donors (Lipinski definition) is 2. The molecule has 10 heavy (non-hydrogen) atoms. The fourth-order valence-corrected chi connectivity index (χ4v) is 0.259. The van der Waals surface area contributed by atoms with Crippen LogP contribution >= 0.6 is 0 Å². The number of aliphatic hydroxyl groups is 1. The number of carbonyl (C=O) groups is 1. The molecule has 0 bridgehead atoms. The zero-order valence-electron chi connectivity index (χ0n) is 5.53. The van der Waals surface area contributed by atoms with E-state index in [4.69, 9.17) is 10.2 Å². The second kappa shape index (κ2) is 5.84. The van der Waals surface area contributed by atoms with Crippen molar-refractivity contribution >= 4 is 5.97 Å². The Morgan fingerprint density at radius 1 is 1.40 bits per heavy atom. The van der Waals surface area contributed by atoms with E-state index in [0.29, 0.717) is 0 Å². The number of hydrogen-bond acceptors (Lipinski definition) is 2. The van der Waals surface area contributed by atoms with Gasteiger partial charge in [0.2, 0.25) is 5.76 Å². The molecular formula is C6H10O4.